The minimum Gasteiger partial charge on any atom is -0.480 e. The molecule has 0 saturated heterocycles. The van der Waals surface area contributed by atoms with Crippen molar-refractivity contribution < 1.29 is 27.9 Å². The summed E-state index contributed by atoms with van der Waals surface area (Å²) in [6, 6.07) is -1.56. The molecule has 112 valence electrons. The van der Waals surface area contributed by atoms with Gasteiger partial charge in [-0.15, -0.1) is 0 Å². The third-order valence-electron chi connectivity index (χ3n) is 1.84. The van der Waals surface area contributed by atoms with Gasteiger partial charge in [-0.05, 0) is 20.8 Å². The molecule has 4 N–H and O–H groups in total. The Morgan fingerprint density at radius 2 is 1.89 bits per heavy atom. The molecular weight excluding hydrogens is 276 g/mol. The molecule has 0 radical (unpaired) electrons. The number of nitrogens with one attached hydrogen (secondary N) is 1. The Bertz CT molecular complexity index is 426. The second-order valence-corrected chi connectivity index (χ2v) is 7.17. The number of amides is 1. The van der Waals surface area contributed by atoms with Gasteiger partial charge in [-0.2, -0.15) is 0 Å². The fraction of sp³-hybridized carbons (Fsp3) is 0.800. The number of hydrogen-bond acceptors (Lipinski definition) is 6. The summed E-state index contributed by atoms with van der Waals surface area (Å²) < 4.78 is 27.8. The summed E-state index contributed by atoms with van der Waals surface area (Å²) in [5.74, 6) is -2.52. The third-order valence-corrected chi connectivity index (χ3v) is 3.54. The number of carbonyl (C=O) groups excluding carboxylic acids is 1. The highest BCUT2D eigenvalue weighted by atomic mass is 32.2. The van der Waals surface area contributed by atoms with Gasteiger partial charge in [-0.3, -0.25) is 0 Å². The SMILES string of the molecule is CC(C)(C)OC(=O)NC(CS(=O)(=O)CCN)C(=O)O. The van der Waals surface area contributed by atoms with Crippen molar-refractivity contribution in [2.24, 2.45) is 5.73 Å². The van der Waals surface area contributed by atoms with E-state index in [0.717, 1.165) is 0 Å². The van der Waals surface area contributed by atoms with Crippen molar-refractivity contribution in [2.75, 3.05) is 18.1 Å². The second-order valence-electron chi connectivity index (χ2n) is 4.94. The van der Waals surface area contributed by atoms with Crippen LogP contribution in [0.3, 0.4) is 0 Å². The molecule has 0 saturated carbocycles. The standard InChI is InChI=1S/C10H20N2O6S/c1-10(2,3)18-9(15)12-7(8(13)14)6-19(16,17)5-4-11/h7H,4-6,11H2,1-3H3,(H,12,15)(H,13,14). The Hall–Kier alpha value is -1.35. The van der Waals surface area contributed by atoms with Crippen molar-refractivity contribution in [2.45, 2.75) is 32.4 Å². The van der Waals surface area contributed by atoms with Gasteiger partial charge in [0, 0.05) is 6.54 Å². The van der Waals surface area contributed by atoms with Gasteiger partial charge in [0.2, 0.25) is 0 Å². The summed E-state index contributed by atoms with van der Waals surface area (Å²) in [4.78, 5) is 22.3. The van der Waals surface area contributed by atoms with E-state index >= 15 is 0 Å². The first kappa shape index (κ1) is 17.6. The van der Waals surface area contributed by atoms with Gasteiger partial charge in [0.15, 0.2) is 9.84 Å². The van der Waals surface area contributed by atoms with E-state index in [4.69, 9.17) is 15.6 Å². The van der Waals surface area contributed by atoms with Crippen molar-refractivity contribution >= 4 is 21.9 Å². The van der Waals surface area contributed by atoms with Gasteiger partial charge in [-0.1, -0.05) is 0 Å². The van der Waals surface area contributed by atoms with Crippen LogP contribution in [0, 0.1) is 0 Å². The molecule has 0 spiro atoms. The topological polar surface area (TPSA) is 136 Å². The van der Waals surface area contributed by atoms with Crippen LogP contribution in [0.2, 0.25) is 0 Å². The summed E-state index contributed by atoms with van der Waals surface area (Å²) in [6.45, 7) is 4.70. The van der Waals surface area contributed by atoms with Gasteiger partial charge >= 0.3 is 12.1 Å². The van der Waals surface area contributed by atoms with Crippen LogP contribution in [0.4, 0.5) is 4.79 Å². The van der Waals surface area contributed by atoms with Crippen LogP contribution in [0.25, 0.3) is 0 Å². The fourth-order valence-electron chi connectivity index (χ4n) is 1.14. The maximum absolute atomic E-state index is 11.5. The van der Waals surface area contributed by atoms with E-state index in [2.05, 4.69) is 0 Å². The predicted molar refractivity (Wildman–Crippen MR) is 68.5 cm³/mol. The Kier molecular flexibility index (Phi) is 6.23. The Morgan fingerprint density at radius 1 is 1.37 bits per heavy atom. The molecule has 1 atom stereocenters. The van der Waals surface area contributed by atoms with Gasteiger partial charge in [0.05, 0.1) is 11.5 Å². The van der Waals surface area contributed by atoms with Crippen molar-refractivity contribution in [3.63, 3.8) is 0 Å². The molecule has 0 aromatic rings. The van der Waals surface area contributed by atoms with Crippen LogP contribution in [-0.2, 0) is 19.4 Å². The molecular formula is C10H20N2O6S. The zero-order valence-electron chi connectivity index (χ0n) is 11.2. The first-order valence-electron chi connectivity index (χ1n) is 5.59. The average molecular weight is 296 g/mol. The van der Waals surface area contributed by atoms with Crippen molar-refractivity contribution in [1.29, 1.82) is 0 Å². The molecule has 0 aliphatic heterocycles. The zero-order valence-corrected chi connectivity index (χ0v) is 12.0. The number of sulfone groups is 1. The highest BCUT2D eigenvalue weighted by molar-refractivity contribution is 7.91. The van der Waals surface area contributed by atoms with E-state index in [1.165, 1.54) is 0 Å². The molecule has 8 nitrogen and oxygen atoms in total. The molecule has 0 fully saturated rings. The summed E-state index contributed by atoms with van der Waals surface area (Å²) >= 11 is 0. The van der Waals surface area contributed by atoms with Gasteiger partial charge < -0.3 is 20.9 Å². The quantitative estimate of drug-likeness (QED) is 0.591. The van der Waals surface area contributed by atoms with Crippen LogP contribution in [-0.4, -0.2) is 55.3 Å². The minimum atomic E-state index is -3.64. The largest absolute Gasteiger partial charge is 0.480 e. The Morgan fingerprint density at radius 3 is 2.26 bits per heavy atom. The number of nitrogens with two attached hydrogens (primary N) is 1. The van der Waals surface area contributed by atoms with Gasteiger partial charge in [0.1, 0.15) is 11.6 Å². The minimum absolute atomic E-state index is 0.110. The molecule has 19 heavy (non-hydrogen) atoms. The van der Waals surface area contributed by atoms with E-state index in [-0.39, 0.29) is 12.3 Å². The number of ether oxygens (including phenoxy) is 1. The van der Waals surface area contributed by atoms with Gasteiger partial charge in [0.25, 0.3) is 0 Å². The fourth-order valence-corrected chi connectivity index (χ4v) is 2.40. The number of hydrogen-bond donors (Lipinski definition) is 3. The lowest BCUT2D eigenvalue weighted by Gasteiger charge is -2.21. The monoisotopic (exact) mass is 296 g/mol. The lowest BCUT2D eigenvalue weighted by molar-refractivity contribution is -0.138. The molecule has 1 amide bonds. The number of alkyl carbamates (subject to hydrolysis) is 1. The maximum atomic E-state index is 11.5. The second kappa shape index (κ2) is 6.71. The molecule has 0 heterocycles. The maximum Gasteiger partial charge on any atom is 0.408 e. The average Bonchev–Trinajstić information content (AvgIpc) is 2.12. The molecule has 0 aromatic heterocycles. The highest BCUT2D eigenvalue weighted by Gasteiger charge is 2.28. The normalized spacial score (nSPS) is 13.7. The number of carboxylic acid groups (broad SMARTS) is 1. The summed E-state index contributed by atoms with van der Waals surface area (Å²) in [6.07, 6.45) is -0.983. The molecule has 0 aliphatic carbocycles. The molecule has 0 bridgehead atoms. The number of carboxylic acids is 1. The highest BCUT2D eigenvalue weighted by Crippen LogP contribution is 2.07. The van der Waals surface area contributed by atoms with E-state index in [1.54, 1.807) is 20.8 Å². The van der Waals surface area contributed by atoms with E-state index < -0.39 is 39.3 Å². The smallest absolute Gasteiger partial charge is 0.408 e. The number of carbonyl (C=O) groups is 2. The van der Waals surface area contributed by atoms with Crippen molar-refractivity contribution in [3.05, 3.63) is 0 Å². The van der Waals surface area contributed by atoms with Crippen molar-refractivity contribution in [3.8, 4) is 0 Å². The van der Waals surface area contributed by atoms with Crippen LogP contribution in [0.5, 0.6) is 0 Å². The third kappa shape index (κ3) is 8.38. The van der Waals surface area contributed by atoms with Crippen LogP contribution in [0.1, 0.15) is 20.8 Å². The van der Waals surface area contributed by atoms with E-state index in [9.17, 15) is 18.0 Å². The summed E-state index contributed by atoms with van der Waals surface area (Å²) in [5.41, 5.74) is 4.31. The first-order chi connectivity index (χ1) is 8.47. The molecule has 0 aliphatic rings. The summed E-state index contributed by atoms with van der Waals surface area (Å²) in [5, 5.41) is 10.9. The van der Waals surface area contributed by atoms with Crippen LogP contribution >= 0.6 is 0 Å². The number of rotatable bonds is 6. The Balaban J connectivity index is 4.69. The molecule has 0 rings (SSSR count). The zero-order chi connectivity index (χ0) is 15.3. The van der Waals surface area contributed by atoms with Crippen LogP contribution < -0.4 is 11.1 Å². The van der Waals surface area contributed by atoms with E-state index in [0.29, 0.717) is 0 Å². The van der Waals surface area contributed by atoms with E-state index in [1.807, 2.05) is 5.32 Å². The Labute approximate surface area is 112 Å². The molecule has 0 aromatic carbocycles. The first-order valence-corrected chi connectivity index (χ1v) is 7.42. The van der Waals surface area contributed by atoms with Crippen LogP contribution in [0.15, 0.2) is 0 Å². The lowest BCUT2D eigenvalue weighted by Crippen LogP contribution is -2.47. The summed E-state index contributed by atoms with van der Waals surface area (Å²) in [7, 11) is -3.64. The molecule has 1 unspecified atom stereocenters. The van der Waals surface area contributed by atoms with Gasteiger partial charge in [-0.25, -0.2) is 18.0 Å². The number of aliphatic carboxylic acids is 1. The predicted octanol–water partition coefficient (Wildman–Crippen LogP) is -0.662. The lowest BCUT2D eigenvalue weighted by atomic mass is 10.2. The molecule has 9 heteroatoms. The van der Waals surface area contributed by atoms with Crippen molar-refractivity contribution in [1.82, 2.24) is 5.32 Å².